The predicted molar refractivity (Wildman–Crippen MR) is 84.9 cm³/mol. The molecule has 22 heavy (non-hydrogen) atoms. The van der Waals surface area contributed by atoms with Crippen LogP contribution in [0, 0.1) is 0 Å². The van der Waals surface area contributed by atoms with Gasteiger partial charge in [0.15, 0.2) is 5.78 Å². The Labute approximate surface area is 129 Å². The molecule has 0 heterocycles. The molecule has 0 spiro atoms. The lowest BCUT2D eigenvalue weighted by molar-refractivity contribution is -0.115. The van der Waals surface area contributed by atoms with E-state index in [0.29, 0.717) is 19.4 Å². The van der Waals surface area contributed by atoms with Crippen LogP contribution in [-0.2, 0) is 11.4 Å². The lowest BCUT2D eigenvalue weighted by Crippen LogP contribution is -2.12. The Kier molecular flexibility index (Phi) is 4.24. The van der Waals surface area contributed by atoms with E-state index >= 15 is 0 Å². The van der Waals surface area contributed by atoms with Gasteiger partial charge in [0.25, 0.3) is 0 Å². The van der Waals surface area contributed by atoms with Crippen molar-refractivity contribution in [2.24, 2.45) is 0 Å². The van der Waals surface area contributed by atoms with E-state index in [0.717, 1.165) is 16.9 Å². The van der Waals surface area contributed by atoms with E-state index in [1.165, 1.54) is 6.08 Å². The van der Waals surface area contributed by atoms with Crippen LogP contribution >= 0.6 is 0 Å². The van der Waals surface area contributed by atoms with Crippen molar-refractivity contribution in [1.29, 1.82) is 0 Å². The number of aliphatic hydroxyl groups is 1. The minimum atomic E-state index is -0.0237. The van der Waals surface area contributed by atoms with Crippen molar-refractivity contribution in [2.75, 3.05) is 0 Å². The molecule has 3 rings (SSSR count). The topological polar surface area (TPSA) is 46.5 Å². The summed E-state index contributed by atoms with van der Waals surface area (Å²) in [5, 5.41) is 9.64. The van der Waals surface area contributed by atoms with Gasteiger partial charge in [-0.05, 0) is 29.2 Å². The minimum absolute atomic E-state index is 0.0237. The Morgan fingerprint density at radius 3 is 2.64 bits per heavy atom. The second-order valence-electron chi connectivity index (χ2n) is 5.55. The fourth-order valence-electron chi connectivity index (χ4n) is 2.71. The molecule has 0 bridgehead atoms. The first-order valence-electron chi connectivity index (χ1n) is 7.40. The van der Waals surface area contributed by atoms with Crippen molar-refractivity contribution in [1.82, 2.24) is 0 Å². The molecule has 0 radical (unpaired) electrons. The second kappa shape index (κ2) is 6.48. The molecule has 1 aliphatic carbocycles. The van der Waals surface area contributed by atoms with Gasteiger partial charge in [-0.15, -0.1) is 0 Å². The summed E-state index contributed by atoms with van der Waals surface area (Å²) in [5.41, 5.74) is 2.14. The predicted octanol–water partition coefficient (Wildman–Crippen LogP) is 4.15. The second-order valence-corrected chi connectivity index (χ2v) is 5.55. The van der Waals surface area contributed by atoms with Crippen molar-refractivity contribution in [3.63, 3.8) is 0 Å². The van der Waals surface area contributed by atoms with Gasteiger partial charge >= 0.3 is 0 Å². The van der Waals surface area contributed by atoms with Gasteiger partial charge in [0.2, 0.25) is 0 Å². The van der Waals surface area contributed by atoms with Gasteiger partial charge in [0.1, 0.15) is 12.4 Å². The van der Waals surface area contributed by atoms with E-state index in [4.69, 9.17) is 4.74 Å². The van der Waals surface area contributed by atoms with Gasteiger partial charge in [-0.25, -0.2) is 0 Å². The molecule has 2 aromatic carbocycles. The largest absolute Gasteiger partial charge is 0.512 e. The maximum atomic E-state index is 11.6. The highest BCUT2D eigenvalue weighted by atomic mass is 16.5. The number of aliphatic hydroxyl groups excluding tert-OH is 1. The minimum Gasteiger partial charge on any atom is -0.512 e. The summed E-state index contributed by atoms with van der Waals surface area (Å²) < 4.78 is 5.82. The average Bonchev–Trinajstić information content (AvgIpc) is 2.53. The number of hydrogen-bond acceptors (Lipinski definition) is 3. The molecule has 0 saturated heterocycles. The lowest BCUT2D eigenvalue weighted by atomic mass is 9.86. The fourth-order valence-corrected chi connectivity index (χ4v) is 2.71. The van der Waals surface area contributed by atoms with E-state index in [1.54, 1.807) is 0 Å². The zero-order valence-corrected chi connectivity index (χ0v) is 12.2. The van der Waals surface area contributed by atoms with Crippen LogP contribution in [0.3, 0.4) is 0 Å². The van der Waals surface area contributed by atoms with Crippen molar-refractivity contribution < 1.29 is 14.6 Å². The molecular formula is C19H18O3. The third-order valence-corrected chi connectivity index (χ3v) is 3.81. The number of hydrogen-bond donors (Lipinski definition) is 1. The van der Waals surface area contributed by atoms with Crippen LogP contribution in [0.5, 0.6) is 5.75 Å². The van der Waals surface area contributed by atoms with Gasteiger partial charge in [0, 0.05) is 18.9 Å². The first-order chi connectivity index (χ1) is 10.7. The molecule has 0 aliphatic heterocycles. The normalized spacial score (nSPS) is 17.9. The molecule has 0 fully saturated rings. The molecule has 112 valence electrons. The molecule has 0 amide bonds. The number of carbonyl (C=O) groups excluding carboxylic acids is 1. The first kappa shape index (κ1) is 14.4. The molecule has 3 heteroatoms. The summed E-state index contributed by atoms with van der Waals surface area (Å²) in [6.07, 6.45) is 2.27. The Hall–Kier alpha value is -2.55. The van der Waals surface area contributed by atoms with Gasteiger partial charge in [-0.2, -0.15) is 0 Å². The van der Waals surface area contributed by atoms with Crippen molar-refractivity contribution in [2.45, 2.75) is 25.4 Å². The monoisotopic (exact) mass is 294 g/mol. The summed E-state index contributed by atoms with van der Waals surface area (Å²) in [7, 11) is 0. The third kappa shape index (κ3) is 3.55. The first-order valence-corrected chi connectivity index (χ1v) is 7.40. The number of allylic oxidation sites excluding steroid dienone is 2. The number of carbonyl (C=O) groups is 1. The van der Waals surface area contributed by atoms with Crippen LogP contribution in [0.1, 0.15) is 29.9 Å². The van der Waals surface area contributed by atoms with Gasteiger partial charge in [0.05, 0.1) is 5.76 Å². The van der Waals surface area contributed by atoms with Crippen LogP contribution in [0.2, 0.25) is 0 Å². The molecule has 0 aromatic heterocycles. The zero-order chi connectivity index (χ0) is 15.4. The summed E-state index contributed by atoms with van der Waals surface area (Å²) in [5.74, 6) is 0.946. The van der Waals surface area contributed by atoms with E-state index in [1.807, 2.05) is 54.6 Å². The van der Waals surface area contributed by atoms with Gasteiger partial charge in [-0.3, -0.25) is 4.79 Å². The number of benzene rings is 2. The SMILES string of the molecule is O=C1C=C(O)CC(c2cccc(OCc3ccccc3)c2)C1. The maximum Gasteiger partial charge on any atom is 0.159 e. The Balaban J connectivity index is 1.70. The van der Waals surface area contributed by atoms with Crippen molar-refractivity contribution in [3.05, 3.63) is 77.6 Å². The summed E-state index contributed by atoms with van der Waals surface area (Å²) in [4.78, 5) is 11.6. The van der Waals surface area contributed by atoms with Crippen LogP contribution in [-0.4, -0.2) is 10.9 Å². The fraction of sp³-hybridized carbons (Fsp3) is 0.211. The Morgan fingerprint density at radius 1 is 1.05 bits per heavy atom. The zero-order valence-electron chi connectivity index (χ0n) is 12.2. The third-order valence-electron chi connectivity index (χ3n) is 3.81. The van der Waals surface area contributed by atoms with E-state index < -0.39 is 0 Å². The van der Waals surface area contributed by atoms with Crippen LogP contribution in [0.15, 0.2) is 66.4 Å². The summed E-state index contributed by atoms with van der Waals surface area (Å²) in [6, 6.07) is 17.8. The standard InChI is InChI=1S/C19H18O3/c20-17-9-16(10-18(21)12-17)15-7-4-8-19(11-15)22-13-14-5-2-1-3-6-14/h1-8,11-12,16,20H,9-10,13H2. The number of ether oxygens (including phenoxy) is 1. The molecule has 1 atom stereocenters. The lowest BCUT2D eigenvalue weighted by Gasteiger charge is -2.20. The van der Waals surface area contributed by atoms with E-state index in [-0.39, 0.29) is 17.5 Å². The van der Waals surface area contributed by atoms with Crippen LogP contribution in [0.4, 0.5) is 0 Å². The van der Waals surface area contributed by atoms with Crippen molar-refractivity contribution >= 4 is 5.78 Å². The molecule has 1 N–H and O–H groups in total. The smallest absolute Gasteiger partial charge is 0.159 e. The molecule has 3 nitrogen and oxygen atoms in total. The molecule has 2 aromatic rings. The van der Waals surface area contributed by atoms with E-state index in [2.05, 4.69) is 0 Å². The maximum absolute atomic E-state index is 11.6. The van der Waals surface area contributed by atoms with E-state index in [9.17, 15) is 9.90 Å². The average molecular weight is 294 g/mol. The molecule has 1 unspecified atom stereocenters. The number of rotatable bonds is 4. The highest BCUT2D eigenvalue weighted by molar-refractivity contribution is 5.91. The highest BCUT2D eigenvalue weighted by Gasteiger charge is 2.22. The summed E-state index contributed by atoms with van der Waals surface area (Å²) in [6.45, 7) is 0.513. The van der Waals surface area contributed by atoms with Crippen LogP contribution < -0.4 is 4.74 Å². The molecule has 0 saturated carbocycles. The van der Waals surface area contributed by atoms with Crippen molar-refractivity contribution in [3.8, 4) is 5.75 Å². The molecule has 1 aliphatic rings. The van der Waals surface area contributed by atoms with Gasteiger partial charge in [-0.1, -0.05) is 42.5 Å². The quantitative estimate of drug-likeness (QED) is 0.921. The Morgan fingerprint density at radius 2 is 1.86 bits per heavy atom. The van der Waals surface area contributed by atoms with Crippen LogP contribution in [0.25, 0.3) is 0 Å². The summed E-state index contributed by atoms with van der Waals surface area (Å²) >= 11 is 0. The number of ketones is 1. The van der Waals surface area contributed by atoms with Gasteiger partial charge < -0.3 is 9.84 Å². The highest BCUT2D eigenvalue weighted by Crippen LogP contribution is 2.32. The Bertz CT molecular complexity index is 689. The molecular weight excluding hydrogens is 276 g/mol.